The number of aromatic carboxylic acids is 1. The molecule has 0 aliphatic rings. The van der Waals surface area contributed by atoms with E-state index in [0.717, 1.165) is 17.7 Å². The van der Waals surface area contributed by atoms with Crippen LogP contribution in [0.2, 0.25) is 0 Å². The summed E-state index contributed by atoms with van der Waals surface area (Å²) >= 11 is 0. The van der Waals surface area contributed by atoms with E-state index in [1.54, 1.807) is 12.4 Å². The van der Waals surface area contributed by atoms with Gasteiger partial charge in [0.15, 0.2) is 0 Å². The maximum absolute atomic E-state index is 11.0. The van der Waals surface area contributed by atoms with Crippen LogP contribution in [-0.2, 0) is 6.42 Å². The quantitative estimate of drug-likeness (QED) is 0.646. The molecule has 1 aromatic heterocycles. The molecule has 2 aromatic rings. The van der Waals surface area contributed by atoms with Crippen molar-refractivity contribution in [1.29, 1.82) is 0 Å². The lowest BCUT2D eigenvalue weighted by atomic mass is 10.1. The third-order valence-corrected chi connectivity index (χ3v) is 2.80. The van der Waals surface area contributed by atoms with Gasteiger partial charge in [0.25, 0.3) is 5.69 Å². The van der Waals surface area contributed by atoms with Crippen LogP contribution in [0, 0.1) is 10.1 Å². The normalized spacial score (nSPS) is 10.1. The van der Waals surface area contributed by atoms with Crippen molar-refractivity contribution in [2.24, 2.45) is 0 Å². The predicted molar refractivity (Wildman–Crippen MR) is 73.5 cm³/mol. The Bertz CT molecular complexity index is 658. The number of nitrogens with zero attached hydrogens (tertiary/aromatic N) is 2. The average molecular weight is 288 g/mol. The molecule has 0 radical (unpaired) electrons. The van der Waals surface area contributed by atoms with Crippen molar-refractivity contribution in [3.63, 3.8) is 0 Å². The molecule has 21 heavy (non-hydrogen) atoms. The lowest BCUT2D eigenvalue weighted by Crippen LogP contribution is -2.05. The molecule has 0 bridgehead atoms. The molecule has 0 saturated heterocycles. The number of carbonyl (C=O) groups is 1. The molecule has 0 saturated carbocycles. The number of hydrogen-bond acceptors (Lipinski definition) is 5. The highest BCUT2D eigenvalue weighted by atomic mass is 16.6. The molecule has 7 nitrogen and oxygen atoms in total. The van der Waals surface area contributed by atoms with Crippen molar-refractivity contribution in [1.82, 2.24) is 4.98 Å². The molecule has 0 aliphatic heterocycles. The first-order valence-electron chi connectivity index (χ1n) is 6.11. The van der Waals surface area contributed by atoms with E-state index in [-0.39, 0.29) is 11.3 Å². The number of nitro benzene ring substituents is 1. The zero-order valence-corrected chi connectivity index (χ0v) is 10.9. The minimum atomic E-state index is -1.36. The van der Waals surface area contributed by atoms with Gasteiger partial charge < -0.3 is 9.84 Å². The van der Waals surface area contributed by atoms with Gasteiger partial charge in [-0.25, -0.2) is 4.79 Å². The van der Waals surface area contributed by atoms with Crippen LogP contribution < -0.4 is 4.74 Å². The number of carboxylic acid groups (broad SMARTS) is 1. The first-order valence-corrected chi connectivity index (χ1v) is 6.11. The van der Waals surface area contributed by atoms with Crippen LogP contribution in [0.1, 0.15) is 15.9 Å². The lowest BCUT2D eigenvalue weighted by molar-refractivity contribution is -0.385. The van der Waals surface area contributed by atoms with Gasteiger partial charge in [0, 0.05) is 30.9 Å². The number of aromatic nitrogens is 1. The zero-order chi connectivity index (χ0) is 15.2. The van der Waals surface area contributed by atoms with Gasteiger partial charge in [-0.1, -0.05) is 0 Å². The molecule has 2 rings (SSSR count). The van der Waals surface area contributed by atoms with Crippen molar-refractivity contribution >= 4 is 11.7 Å². The monoisotopic (exact) mass is 288 g/mol. The first kappa shape index (κ1) is 14.4. The number of pyridine rings is 1. The Kier molecular flexibility index (Phi) is 4.45. The minimum Gasteiger partial charge on any atom is -0.493 e. The Morgan fingerprint density at radius 3 is 2.62 bits per heavy atom. The van der Waals surface area contributed by atoms with Gasteiger partial charge in [-0.15, -0.1) is 0 Å². The summed E-state index contributed by atoms with van der Waals surface area (Å²) in [5, 5.41) is 19.7. The largest absolute Gasteiger partial charge is 0.493 e. The summed E-state index contributed by atoms with van der Waals surface area (Å²) in [6.45, 7) is 0.334. The summed E-state index contributed by atoms with van der Waals surface area (Å²) < 4.78 is 5.43. The molecule has 1 heterocycles. The molecule has 0 fully saturated rings. The van der Waals surface area contributed by atoms with Crippen molar-refractivity contribution in [3.8, 4) is 5.75 Å². The highest BCUT2D eigenvalue weighted by Crippen LogP contribution is 2.24. The molecule has 0 unspecified atom stereocenters. The van der Waals surface area contributed by atoms with Crippen LogP contribution in [-0.4, -0.2) is 27.6 Å². The summed E-state index contributed by atoms with van der Waals surface area (Å²) in [7, 11) is 0. The molecular formula is C14H12N2O5. The van der Waals surface area contributed by atoms with Crippen LogP contribution >= 0.6 is 0 Å². The topological polar surface area (TPSA) is 103 Å². The molecule has 108 valence electrons. The number of carboxylic acids is 1. The Morgan fingerprint density at radius 1 is 1.29 bits per heavy atom. The number of ether oxygens (including phenoxy) is 1. The minimum absolute atomic E-state index is 0.284. The molecule has 0 aliphatic carbocycles. The average Bonchev–Trinajstić information content (AvgIpc) is 2.48. The van der Waals surface area contributed by atoms with E-state index >= 15 is 0 Å². The number of nitro groups is 1. The van der Waals surface area contributed by atoms with E-state index in [1.165, 1.54) is 6.07 Å². The Hall–Kier alpha value is -2.96. The fourth-order valence-corrected chi connectivity index (χ4v) is 1.77. The first-order chi connectivity index (χ1) is 10.1. The molecule has 0 atom stereocenters. The number of benzene rings is 1. The number of rotatable bonds is 6. The Labute approximate surface area is 120 Å². The molecule has 7 heteroatoms. The highest BCUT2D eigenvalue weighted by molar-refractivity contribution is 5.92. The molecule has 0 amide bonds. The SMILES string of the molecule is O=C(O)c1cc(OCCc2ccncc2)ccc1[N+](=O)[O-]. The highest BCUT2D eigenvalue weighted by Gasteiger charge is 2.20. The van der Waals surface area contributed by atoms with Gasteiger partial charge in [0.05, 0.1) is 11.5 Å². The third kappa shape index (κ3) is 3.75. The molecule has 1 N–H and O–H groups in total. The second-order valence-electron chi connectivity index (χ2n) is 4.20. The van der Waals surface area contributed by atoms with Gasteiger partial charge >= 0.3 is 5.97 Å². The molecular weight excluding hydrogens is 276 g/mol. The van der Waals surface area contributed by atoms with E-state index in [4.69, 9.17) is 9.84 Å². The third-order valence-electron chi connectivity index (χ3n) is 2.80. The Balaban J connectivity index is 2.05. The standard InChI is InChI=1S/C14H12N2O5/c17-14(18)12-9-11(1-2-13(12)16(19)20)21-8-5-10-3-6-15-7-4-10/h1-4,6-7,9H,5,8H2,(H,17,18). The zero-order valence-electron chi connectivity index (χ0n) is 10.9. The van der Waals surface area contributed by atoms with Crippen molar-refractivity contribution in [2.45, 2.75) is 6.42 Å². The summed E-state index contributed by atoms with van der Waals surface area (Å²) in [5.74, 6) is -1.08. The second kappa shape index (κ2) is 6.47. The van der Waals surface area contributed by atoms with Crippen LogP contribution in [0.15, 0.2) is 42.7 Å². The van der Waals surface area contributed by atoms with E-state index in [9.17, 15) is 14.9 Å². The van der Waals surface area contributed by atoms with Crippen LogP contribution in [0.4, 0.5) is 5.69 Å². The summed E-state index contributed by atoms with van der Waals surface area (Å²) in [6.07, 6.45) is 3.97. The second-order valence-corrected chi connectivity index (χ2v) is 4.20. The lowest BCUT2D eigenvalue weighted by Gasteiger charge is -2.07. The summed E-state index contributed by atoms with van der Waals surface area (Å²) in [6, 6.07) is 7.37. The molecule has 0 spiro atoms. The van der Waals surface area contributed by atoms with E-state index < -0.39 is 16.6 Å². The van der Waals surface area contributed by atoms with E-state index in [1.807, 2.05) is 12.1 Å². The molecule has 1 aromatic carbocycles. The fraction of sp³-hybridized carbons (Fsp3) is 0.143. The maximum Gasteiger partial charge on any atom is 0.342 e. The van der Waals surface area contributed by atoms with Crippen molar-refractivity contribution in [3.05, 3.63) is 64.0 Å². The summed E-state index contributed by atoms with van der Waals surface area (Å²) in [5.41, 5.74) is 0.191. The van der Waals surface area contributed by atoms with Crippen LogP contribution in [0.25, 0.3) is 0 Å². The van der Waals surface area contributed by atoms with Gasteiger partial charge in [-0.05, 0) is 23.8 Å². The maximum atomic E-state index is 11.0. The predicted octanol–water partition coefficient (Wildman–Crippen LogP) is 2.31. The van der Waals surface area contributed by atoms with Gasteiger partial charge in [-0.2, -0.15) is 0 Å². The number of hydrogen-bond donors (Lipinski definition) is 1. The Morgan fingerprint density at radius 2 is 2.00 bits per heavy atom. The van der Waals surface area contributed by atoms with Gasteiger partial charge in [0.2, 0.25) is 0 Å². The smallest absolute Gasteiger partial charge is 0.342 e. The fourth-order valence-electron chi connectivity index (χ4n) is 1.77. The van der Waals surface area contributed by atoms with Crippen LogP contribution in [0.3, 0.4) is 0 Å². The van der Waals surface area contributed by atoms with Gasteiger partial charge in [0.1, 0.15) is 11.3 Å². The summed E-state index contributed by atoms with van der Waals surface area (Å²) in [4.78, 5) is 24.9. The van der Waals surface area contributed by atoms with Crippen molar-refractivity contribution < 1.29 is 19.6 Å². The van der Waals surface area contributed by atoms with Crippen LogP contribution in [0.5, 0.6) is 5.75 Å². The van der Waals surface area contributed by atoms with E-state index in [0.29, 0.717) is 13.0 Å². The van der Waals surface area contributed by atoms with Gasteiger partial charge in [-0.3, -0.25) is 15.1 Å². The van der Waals surface area contributed by atoms with Crippen molar-refractivity contribution in [2.75, 3.05) is 6.61 Å². The van der Waals surface area contributed by atoms with E-state index in [2.05, 4.69) is 4.98 Å².